The monoisotopic (exact) mass is 439 g/mol. The Morgan fingerprint density at radius 2 is 1.63 bits per heavy atom. The van der Waals surface area contributed by atoms with Gasteiger partial charge >= 0.3 is 0 Å². The van der Waals surface area contributed by atoms with Gasteiger partial charge in [0.2, 0.25) is 0 Å². The van der Waals surface area contributed by atoms with E-state index in [9.17, 15) is 4.39 Å². The lowest BCUT2D eigenvalue weighted by molar-refractivity contribution is 0.303. The van der Waals surface area contributed by atoms with Crippen LogP contribution in [0.15, 0.2) is 78.9 Å². The number of nitrogens with one attached hydrogen (secondary N) is 1. The molecular formula is C25H20Cl2FNO. The molecule has 1 N–H and O–H groups in total. The Hall–Kier alpha value is -2.59. The topological polar surface area (TPSA) is 21.3 Å². The van der Waals surface area contributed by atoms with Gasteiger partial charge in [-0.05, 0) is 46.7 Å². The molecule has 0 saturated carbocycles. The van der Waals surface area contributed by atoms with Gasteiger partial charge in [0.15, 0.2) is 0 Å². The zero-order chi connectivity index (χ0) is 20.9. The Balaban J connectivity index is 1.55. The number of hydrogen-bond acceptors (Lipinski definition) is 2. The lowest BCUT2D eigenvalue weighted by atomic mass is 10.0. The van der Waals surface area contributed by atoms with E-state index in [2.05, 4.69) is 23.5 Å². The van der Waals surface area contributed by atoms with Crippen LogP contribution in [-0.2, 0) is 19.7 Å². The Bertz CT molecular complexity index is 1160. The maximum absolute atomic E-state index is 13.1. The smallest absolute Gasteiger partial charge is 0.124 e. The second-order valence-corrected chi connectivity index (χ2v) is 7.86. The molecule has 0 aliphatic heterocycles. The fourth-order valence-corrected chi connectivity index (χ4v) is 3.82. The highest BCUT2D eigenvalue weighted by atomic mass is 35.5. The lowest BCUT2D eigenvalue weighted by Gasteiger charge is -2.16. The molecule has 0 aromatic heterocycles. The first-order valence-electron chi connectivity index (χ1n) is 9.62. The van der Waals surface area contributed by atoms with Crippen molar-refractivity contribution in [1.82, 2.24) is 5.32 Å². The van der Waals surface area contributed by atoms with Crippen molar-refractivity contribution in [3.63, 3.8) is 0 Å². The molecule has 152 valence electrons. The third kappa shape index (κ3) is 4.93. The van der Waals surface area contributed by atoms with Gasteiger partial charge in [0.1, 0.15) is 18.2 Å². The van der Waals surface area contributed by atoms with Crippen LogP contribution in [0.1, 0.15) is 16.7 Å². The van der Waals surface area contributed by atoms with Gasteiger partial charge in [-0.25, -0.2) is 4.39 Å². The zero-order valence-corrected chi connectivity index (χ0v) is 17.7. The second kappa shape index (κ2) is 9.48. The molecule has 0 heterocycles. The van der Waals surface area contributed by atoms with E-state index < -0.39 is 0 Å². The lowest BCUT2D eigenvalue weighted by Crippen LogP contribution is -2.14. The van der Waals surface area contributed by atoms with Crippen molar-refractivity contribution in [2.45, 2.75) is 19.7 Å². The molecule has 2 nitrogen and oxygen atoms in total. The Kier molecular flexibility index (Phi) is 6.53. The van der Waals surface area contributed by atoms with E-state index in [-0.39, 0.29) is 5.82 Å². The van der Waals surface area contributed by atoms with Gasteiger partial charge in [0, 0.05) is 34.3 Å². The van der Waals surface area contributed by atoms with Crippen molar-refractivity contribution in [1.29, 1.82) is 0 Å². The van der Waals surface area contributed by atoms with Crippen LogP contribution in [0.5, 0.6) is 5.75 Å². The maximum atomic E-state index is 13.1. The molecule has 4 aromatic carbocycles. The summed E-state index contributed by atoms with van der Waals surface area (Å²) in [4.78, 5) is 0. The third-order valence-electron chi connectivity index (χ3n) is 4.94. The van der Waals surface area contributed by atoms with Crippen LogP contribution in [0.2, 0.25) is 10.0 Å². The van der Waals surface area contributed by atoms with Crippen LogP contribution in [0, 0.1) is 5.82 Å². The predicted octanol–water partition coefficient (Wildman–Crippen LogP) is 7.15. The second-order valence-electron chi connectivity index (χ2n) is 7.02. The Labute approximate surface area is 185 Å². The summed E-state index contributed by atoms with van der Waals surface area (Å²) >= 11 is 12.3. The summed E-state index contributed by atoms with van der Waals surface area (Å²) in [5.41, 5.74) is 2.96. The molecule has 0 fully saturated rings. The normalized spacial score (nSPS) is 11.0. The van der Waals surface area contributed by atoms with Gasteiger partial charge in [-0.1, -0.05) is 71.7 Å². The number of rotatable bonds is 7. The third-order valence-corrected chi connectivity index (χ3v) is 5.53. The highest BCUT2D eigenvalue weighted by Crippen LogP contribution is 2.30. The van der Waals surface area contributed by atoms with E-state index in [1.54, 1.807) is 24.3 Å². The largest absolute Gasteiger partial charge is 0.488 e. The summed E-state index contributed by atoms with van der Waals surface area (Å²) in [6, 6.07) is 24.2. The minimum absolute atomic E-state index is 0.232. The van der Waals surface area contributed by atoms with Gasteiger partial charge in [-0.3, -0.25) is 0 Å². The van der Waals surface area contributed by atoms with Gasteiger partial charge in [-0.15, -0.1) is 0 Å². The van der Waals surface area contributed by atoms with Crippen LogP contribution in [0.4, 0.5) is 4.39 Å². The SMILES string of the molecule is Fc1ccc(CNCc2c(OCc3ccc(Cl)cc3Cl)ccc3ccccc23)cc1. The molecule has 0 aliphatic rings. The van der Waals surface area contributed by atoms with Crippen LogP contribution < -0.4 is 10.1 Å². The first kappa shape index (κ1) is 20.7. The maximum Gasteiger partial charge on any atom is 0.124 e. The van der Waals surface area contributed by atoms with E-state index in [1.165, 1.54) is 12.1 Å². The molecule has 0 bridgehead atoms. The predicted molar refractivity (Wildman–Crippen MR) is 122 cm³/mol. The number of ether oxygens (including phenoxy) is 1. The number of hydrogen-bond donors (Lipinski definition) is 1. The summed E-state index contributed by atoms with van der Waals surface area (Å²) in [5.74, 6) is 0.565. The quantitative estimate of drug-likeness (QED) is 0.329. The molecule has 0 atom stereocenters. The first-order valence-corrected chi connectivity index (χ1v) is 10.4. The van der Waals surface area contributed by atoms with Crippen LogP contribution >= 0.6 is 23.2 Å². The van der Waals surface area contributed by atoms with Crippen molar-refractivity contribution in [3.8, 4) is 5.75 Å². The van der Waals surface area contributed by atoms with Crippen molar-refractivity contribution in [2.75, 3.05) is 0 Å². The van der Waals surface area contributed by atoms with Crippen LogP contribution in [-0.4, -0.2) is 0 Å². The van der Waals surface area contributed by atoms with E-state index >= 15 is 0 Å². The molecular weight excluding hydrogens is 420 g/mol. The molecule has 4 rings (SSSR count). The molecule has 0 spiro atoms. The zero-order valence-electron chi connectivity index (χ0n) is 16.2. The number of benzene rings is 4. The molecule has 30 heavy (non-hydrogen) atoms. The van der Waals surface area contributed by atoms with Crippen molar-refractivity contribution < 1.29 is 9.13 Å². The fourth-order valence-electron chi connectivity index (χ4n) is 3.36. The van der Waals surface area contributed by atoms with E-state index in [0.717, 1.165) is 33.2 Å². The van der Waals surface area contributed by atoms with Gasteiger partial charge < -0.3 is 10.1 Å². The minimum atomic E-state index is -0.232. The van der Waals surface area contributed by atoms with Crippen LogP contribution in [0.3, 0.4) is 0 Å². The molecule has 5 heteroatoms. The molecule has 4 aromatic rings. The summed E-state index contributed by atoms with van der Waals surface area (Å²) in [7, 11) is 0. The summed E-state index contributed by atoms with van der Waals surface area (Å²) in [6.45, 7) is 1.59. The molecule has 0 saturated heterocycles. The van der Waals surface area contributed by atoms with E-state index in [0.29, 0.717) is 29.7 Å². The summed E-state index contributed by atoms with van der Waals surface area (Å²) in [5, 5.41) is 6.90. The molecule has 0 radical (unpaired) electrons. The van der Waals surface area contributed by atoms with Crippen LogP contribution in [0.25, 0.3) is 10.8 Å². The van der Waals surface area contributed by atoms with E-state index in [1.807, 2.05) is 24.3 Å². The van der Waals surface area contributed by atoms with Crippen molar-refractivity contribution in [2.24, 2.45) is 0 Å². The van der Waals surface area contributed by atoms with Gasteiger partial charge in [0.05, 0.1) is 0 Å². The average molecular weight is 440 g/mol. The summed E-state index contributed by atoms with van der Waals surface area (Å²) < 4.78 is 19.3. The summed E-state index contributed by atoms with van der Waals surface area (Å²) in [6.07, 6.45) is 0. The molecule has 0 aliphatic carbocycles. The van der Waals surface area contributed by atoms with Crippen molar-refractivity contribution >= 4 is 34.0 Å². The highest BCUT2D eigenvalue weighted by molar-refractivity contribution is 6.35. The number of halogens is 3. The molecule has 0 amide bonds. The minimum Gasteiger partial charge on any atom is -0.488 e. The van der Waals surface area contributed by atoms with E-state index in [4.69, 9.17) is 27.9 Å². The van der Waals surface area contributed by atoms with Gasteiger partial charge in [-0.2, -0.15) is 0 Å². The average Bonchev–Trinajstić information content (AvgIpc) is 2.75. The van der Waals surface area contributed by atoms with Crippen molar-refractivity contribution in [3.05, 3.63) is 111 Å². The fraction of sp³-hybridized carbons (Fsp3) is 0.120. The highest BCUT2D eigenvalue weighted by Gasteiger charge is 2.10. The number of fused-ring (bicyclic) bond motifs is 1. The van der Waals surface area contributed by atoms with Gasteiger partial charge in [0.25, 0.3) is 0 Å². The first-order chi connectivity index (χ1) is 14.6. The Morgan fingerprint density at radius 3 is 2.43 bits per heavy atom. The standard InChI is InChI=1S/C25H20Cl2FNO/c26-20-9-7-19(24(27)13-20)16-30-25-12-8-18-3-1-2-4-22(18)23(25)15-29-14-17-5-10-21(28)11-6-17/h1-13,29H,14-16H2. The Morgan fingerprint density at radius 1 is 0.833 bits per heavy atom. The molecule has 0 unspecified atom stereocenters.